The molecule has 0 unspecified atom stereocenters. The van der Waals surface area contributed by atoms with E-state index in [9.17, 15) is 0 Å². The SMILES string of the molecule is Cc1cc(C)cc(COc2c(C)cc(Br)cc2CCN)c1. The molecule has 0 fully saturated rings. The van der Waals surface area contributed by atoms with E-state index in [1.165, 1.54) is 16.7 Å². The summed E-state index contributed by atoms with van der Waals surface area (Å²) in [6.07, 6.45) is 0.822. The molecule has 2 aromatic rings. The second-order valence-electron chi connectivity index (χ2n) is 5.53. The van der Waals surface area contributed by atoms with Gasteiger partial charge < -0.3 is 10.5 Å². The van der Waals surface area contributed by atoms with Crippen molar-refractivity contribution in [3.05, 3.63) is 62.6 Å². The second kappa shape index (κ2) is 7.10. The zero-order valence-corrected chi connectivity index (χ0v) is 14.5. The first-order chi connectivity index (χ1) is 9.99. The summed E-state index contributed by atoms with van der Waals surface area (Å²) < 4.78 is 7.17. The molecule has 112 valence electrons. The summed E-state index contributed by atoms with van der Waals surface area (Å²) in [7, 11) is 0. The lowest BCUT2D eigenvalue weighted by atomic mass is 10.1. The van der Waals surface area contributed by atoms with E-state index >= 15 is 0 Å². The maximum absolute atomic E-state index is 6.10. The normalized spacial score (nSPS) is 10.7. The predicted octanol–water partition coefficient (Wildman–Crippen LogP) is 4.45. The molecule has 0 aliphatic carbocycles. The highest BCUT2D eigenvalue weighted by Crippen LogP contribution is 2.29. The van der Waals surface area contributed by atoms with Crippen LogP contribution in [0, 0.1) is 20.8 Å². The van der Waals surface area contributed by atoms with E-state index in [1.54, 1.807) is 0 Å². The van der Waals surface area contributed by atoms with Gasteiger partial charge in [0.25, 0.3) is 0 Å². The molecule has 0 saturated carbocycles. The van der Waals surface area contributed by atoms with Gasteiger partial charge in [-0.05, 0) is 62.6 Å². The molecule has 0 heterocycles. The molecule has 0 radical (unpaired) electrons. The van der Waals surface area contributed by atoms with Gasteiger partial charge in [-0.25, -0.2) is 0 Å². The van der Waals surface area contributed by atoms with Gasteiger partial charge >= 0.3 is 0 Å². The van der Waals surface area contributed by atoms with Crippen molar-refractivity contribution in [2.45, 2.75) is 33.8 Å². The van der Waals surface area contributed by atoms with Gasteiger partial charge in [-0.2, -0.15) is 0 Å². The summed E-state index contributed by atoms with van der Waals surface area (Å²) in [6.45, 7) is 7.50. The lowest BCUT2D eigenvalue weighted by molar-refractivity contribution is 0.300. The van der Waals surface area contributed by atoms with Crippen molar-refractivity contribution < 1.29 is 4.74 Å². The van der Waals surface area contributed by atoms with Crippen LogP contribution in [0.4, 0.5) is 0 Å². The highest BCUT2D eigenvalue weighted by atomic mass is 79.9. The molecule has 0 bridgehead atoms. The van der Waals surface area contributed by atoms with Crippen LogP contribution in [0.5, 0.6) is 5.75 Å². The van der Waals surface area contributed by atoms with Crippen LogP contribution in [0.15, 0.2) is 34.8 Å². The third-order valence-electron chi connectivity index (χ3n) is 3.39. The molecular weight excluding hydrogens is 326 g/mol. The standard InChI is InChI=1S/C18H22BrNO/c1-12-6-13(2)8-15(7-12)11-21-18-14(3)9-17(19)10-16(18)4-5-20/h6-10H,4-5,11,20H2,1-3H3. The molecular formula is C18H22BrNO. The molecule has 2 N–H and O–H groups in total. The van der Waals surface area contributed by atoms with E-state index in [0.29, 0.717) is 13.2 Å². The maximum Gasteiger partial charge on any atom is 0.126 e. The van der Waals surface area contributed by atoms with E-state index in [0.717, 1.165) is 27.8 Å². The van der Waals surface area contributed by atoms with Gasteiger partial charge in [-0.15, -0.1) is 0 Å². The molecule has 2 nitrogen and oxygen atoms in total. The lowest BCUT2D eigenvalue weighted by Gasteiger charge is -2.15. The number of benzene rings is 2. The fourth-order valence-electron chi connectivity index (χ4n) is 2.65. The number of ether oxygens (including phenoxy) is 1. The third kappa shape index (κ3) is 4.32. The van der Waals surface area contributed by atoms with Gasteiger partial charge in [-0.3, -0.25) is 0 Å². The number of aryl methyl sites for hydroxylation is 3. The predicted molar refractivity (Wildman–Crippen MR) is 91.9 cm³/mol. The number of hydrogen-bond acceptors (Lipinski definition) is 2. The van der Waals surface area contributed by atoms with Crippen LogP contribution in [0.2, 0.25) is 0 Å². The van der Waals surface area contributed by atoms with Crippen LogP contribution >= 0.6 is 15.9 Å². The Bertz CT molecular complexity index is 617. The molecule has 0 spiro atoms. The molecule has 0 aromatic heterocycles. The number of hydrogen-bond donors (Lipinski definition) is 1. The Kier molecular flexibility index (Phi) is 5.43. The van der Waals surface area contributed by atoms with Gasteiger partial charge in [0.1, 0.15) is 12.4 Å². The summed E-state index contributed by atoms with van der Waals surface area (Å²) in [5.41, 5.74) is 11.7. The van der Waals surface area contributed by atoms with Crippen molar-refractivity contribution in [1.82, 2.24) is 0 Å². The largest absolute Gasteiger partial charge is 0.488 e. The van der Waals surface area contributed by atoms with Crippen LogP contribution in [0.25, 0.3) is 0 Å². The molecule has 3 heteroatoms. The Morgan fingerprint density at radius 2 is 1.67 bits per heavy atom. The molecule has 2 aromatic carbocycles. The average Bonchev–Trinajstić information content (AvgIpc) is 2.36. The van der Waals surface area contributed by atoms with E-state index in [2.05, 4.69) is 67.0 Å². The van der Waals surface area contributed by atoms with Gasteiger partial charge in [-0.1, -0.05) is 45.3 Å². The minimum absolute atomic E-state index is 0.586. The third-order valence-corrected chi connectivity index (χ3v) is 3.85. The summed E-state index contributed by atoms with van der Waals surface area (Å²) in [6, 6.07) is 10.7. The van der Waals surface area contributed by atoms with Crippen LogP contribution in [0.3, 0.4) is 0 Å². The van der Waals surface area contributed by atoms with E-state index in [1.807, 2.05) is 0 Å². The Labute approximate surface area is 135 Å². The highest BCUT2D eigenvalue weighted by molar-refractivity contribution is 9.10. The minimum atomic E-state index is 0.586. The van der Waals surface area contributed by atoms with Crippen molar-refractivity contribution in [3.63, 3.8) is 0 Å². The number of rotatable bonds is 5. The summed E-state index contributed by atoms with van der Waals surface area (Å²) in [5.74, 6) is 0.961. The minimum Gasteiger partial charge on any atom is -0.488 e. The summed E-state index contributed by atoms with van der Waals surface area (Å²) in [5, 5.41) is 0. The van der Waals surface area contributed by atoms with E-state index in [-0.39, 0.29) is 0 Å². The molecule has 21 heavy (non-hydrogen) atoms. The summed E-state index contributed by atoms with van der Waals surface area (Å²) >= 11 is 3.54. The molecule has 0 amide bonds. The van der Waals surface area contributed by atoms with E-state index < -0.39 is 0 Å². The molecule has 2 rings (SSSR count). The van der Waals surface area contributed by atoms with Gasteiger partial charge in [0.2, 0.25) is 0 Å². The monoisotopic (exact) mass is 347 g/mol. The Morgan fingerprint density at radius 1 is 1.00 bits per heavy atom. The second-order valence-corrected chi connectivity index (χ2v) is 6.45. The van der Waals surface area contributed by atoms with Crippen molar-refractivity contribution in [3.8, 4) is 5.75 Å². The van der Waals surface area contributed by atoms with Crippen molar-refractivity contribution in [2.75, 3.05) is 6.54 Å². The molecule has 0 saturated heterocycles. The molecule has 0 aliphatic heterocycles. The van der Waals surface area contributed by atoms with Crippen LogP contribution in [-0.2, 0) is 13.0 Å². The smallest absolute Gasteiger partial charge is 0.126 e. The van der Waals surface area contributed by atoms with E-state index in [4.69, 9.17) is 10.5 Å². The average molecular weight is 348 g/mol. The first-order valence-electron chi connectivity index (χ1n) is 7.18. The first-order valence-corrected chi connectivity index (χ1v) is 7.98. The van der Waals surface area contributed by atoms with Crippen LogP contribution in [0.1, 0.15) is 27.8 Å². The van der Waals surface area contributed by atoms with Crippen LogP contribution in [-0.4, -0.2) is 6.54 Å². The fraction of sp³-hybridized carbons (Fsp3) is 0.333. The van der Waals surface area contributed by atoms with Crippen molar-refractivity contribution >= 4 is 15.9 Å². The Balaban J connectivity index is 2.22. The first kappa shape index (κ1) is 16.1. The molecule has 0 aliphatic rings. The lowest BCUT2D eigenvalue weighted by Crippen LogP contribution is -2.07. The maximum atomic E-state index is 6.10. The van der Waals surface area contributed by atoms with Gasteiger partial charge in [0.15, 0.2) is 0 Å². The molecule has 0 atom stereocenters. The van der Waals surface area contributed by atoms with Gasteiger partial charge in [0, 0.05) is 4.47 Å². The number of nitrogens with two attached hydrogens (primary N) is 1. The zero-order valence-electron chi connectivity index (χ0n) is 12.9. The zero-order chi connectivity index (χ0) is 15.4. The quantitative estimate of drug-likeness (QED) is 0.866. The van der Waals surface area contributed by atoms with Crippen molar-refractivity contribution in [2.24, 2.45) is 5.73 Å². The van der Waals surface area contributed by atoms with Crippen LogP contribution < -0.4 is 10.5 Å². The number of halogens is 1. The van der Waals surface area contributed by atoms with Crippen molar-refractivity contribution in [1.29, 1.82) is 0 Å². The highest BCUT2D eigenvalue weighted by Gasteiger charge is 2.09. The Morgan fingerprint density at radius 3 is 2.29 bits per heavy atom. The van der Waals surface area contributed by atoms with Gasteiger partial charge in [0.05, 0.1) is 0 Å². The topological polar surface area (TPSA) is 35.2 Å². The Hall–Kier alpha value is -1.32. The summed E-state index contributed by atoms with van der Waals surface area (Å²) in [4.78, 5) is 0. The fourth-order valence-corrected chi connectivity index (χ4v) is 3.27.